The van der Waals surface area contributed by atoms with E-state index >= 15 is 0 Å². The van der Waals surface area contributed by atoms with Crippen molar-refractivity contribution in [2.45, 2.75) is 25.8 Å². The molecular weight excluding hydrogens is 285 g/mol. The Hall–Kier alpha value is -0.840. The maximum Gasteiger partial charge on any atom is 0.255 e. The quantitative estimate of drug-likeness (QED) is 0.909. The number of aromatic nitrogens is 1. The topological polar surface area (TPSA) is 45.2 Å². The summed E-state index contributed by atoms with van der Waals surface area (Å²) >= 11 is 0. The number of hydrogen-bond donors (Lipinski definition) is 1. The van der Waals surface area contributed by atoms with Crippen LogP contribution < -0.4 is 5.32 Å². The Labute approximate surface area is 126 Å². The van der Waals surface area contributed by atoms with Gasteiger partial charge in [-0.05, 0) is 38.9 Å². The van der Waals surface area contributed by atoms with E-state index in [1.165, 1.54) is 0 Å². The first-order chi connectivity index (χ1) is 8.20. The number of piperidine rings is 1. The molecule has 1 fully saturated rings. The normalized spacial score (nSPS) is 18.2. The van der Waals surface area contributed by atoms with E-state index in [-0.39, 0.29) is 30.7 Å². The molecule has 0 spiro atoms. The molecule has 0 bridgehead atoms. The number of amides is 1. The Morgan fingerprint density at radius 3 is 2.74 bits per heavy atom. The van der Waals surface area contributed by atoms with E-state index in [2.05, 4.69) is 10.3 Å². The number of hydrogen-bond acceptors (Lipinski definition) is 3. The van der Waals surface area contributed by atoms with Gasteiger partial charge in [0.25, 0.3) is 5.91 Å². The van der Waals surface area contributed by atoms with E-state index < -0.39 is 0 Å². The molecule has 0 aliphatic carbocycles. The van der Waals surface area contributed by atoms with Crippen LogP contribution in [0.4, 0.5) is 0 Å². The van der Waals surface area contributed by atoms with Crippen LogP contribution in [0.1, 0.15) is 28.9 Å². The number of aryl methyl sites for hydroxylation is 1. The predicted octanol–water partition coefficient (Wildman–Crippen LogP) is 2.06. The van der Waals surface area contributed by atoms with Crippen molar-refractivity contribution in [1.29, 1.82) is 0 Å². The fourth-order valence-electron chi connectivity index (χ4n) is 2.17. The van der Waals surface area contributed by atoms with E-state index in [1.54, 1.807) is 6.20 Å². The fraction of sp³-hybridized carbons (Fsp3) is 0.538. The van der Waals surface area contributed by atoms with Gasteiger partial charge in [-0.15, -0.1) is 24.8 Å². The van der Waals surface area contributed by atoms with E-state index in [9.17, 15) is 4.79 Å². The van der Waals surface area contributed by atoms with Gasteiger partial charge in [0.1, 0.15) is 0 Å². The molecule has 1 N–H and O–H groups in total. The van der Waals surface area contributed by atoms with Crippen molar-refractivity contribution in [1.82, 2.24) is 15.2 Å². The summed E-state index contributed by atoms with van der Waals surface area (Å²) in [6.45, 7) is 3.57. The van der Waals surface area contributed by atoms with Crippen LogP contribution in [-0.2, 0) is 0 Å². The third-order valence-corrected chi connectivity index (χ3v) is 3.28. The maximum absolute atomic E-state index is 12.2. The monoisotopic (exact) mass is 305 g/mol. The smallest absolute Gasteiger partial charge is 0.255 e. The molecule has 4 nitrogen and oxygen atoms in total. The van der Waals surface area contributed by atoms with Gasteiger partial charge in [0, 0.05) is 31.0 Å². The van der Waals surface area contributed by atoms with Gasteiger partial charge >= 0.3 is 0 Å². The molecule has 1 aliphatic heterocycles. The summed E-state index contributed by atoms with van der Waals surface area (Å²) in [5, 5.41) is 3.24. The summed E-state index contributed by atoms with van der Waals surface area (Å²) < 4.78 is 0. The Morgan fingerprint density at radius 2 is 2.16 bits per heavy atom. The number of nitrogens with zero attached hydrogens (tertiary/aromatic N) is 2. The van der Waals surface area contributed by atoms with Crippen LogP contribution in [-0.4, -0.2) is 42.0 Å². The fourth-order valence-corrected chi connectivity index (χ4v) is 2.17. The molecule has 19 heavy (non-hydrogen) atoms. The molecular formula is C13H21Cl2N3O. The second-order valence-corrected chi connectivity index (χ2v) is 4.57. The highest BCUT2D eigenvalue weighted by molar-refractivity contribution is 5.94. The lowest BCUT2D eigenvalue weighted by Gasteiger charge is -2.32. The first-order valence-corrected chi connectivity index (χ1v) is 6.10. The van der Waals surface area contributed by atoms with Crippen molar-refractivity contribution < 1.29 is 4.79 Å². The zero-order valence-electron chi connectivity index (χ0n) is 11.3. The average molecular weight is 306 g/mol. The summed E-state index contributed by atoms with van der Waals surface area (Å²) in [4.78, 5) is 18.3. The first-order valence-electron chi connectivity index (χ1n) is 6.10. The van der Waals surface area contributed by atoms with Gasteiger partial charge in [0.2, 0.25) is 0 Å². The Bertz CT molecular complexity index is 397. The van der Waals surface area contributed by atoms with E-state index in [1.807, 2.05) is 31.0 Å². The number of likely N-dealkylation sites (N-methyl/N-ethyl adjacent to an activating group) is 1. The zero-order chi connectivity index (χ0) is 12.3. The molecule has 1 aromatic heterocycles. The molecule has 0 radical (unpaired) electrons. The standard InChI is InChI=1S/C13H19N3O.2ClH/c1-10-5-6-11(8-15-10)13(17)16-7-3-4-12(9-16)14-2;;/h5-6,8,12,14H,3-4,7,9H2,1-2H3;2*1H. The third-order valence-electron chi connectivity index (χ3n) is 3.28. The van der Waals surface area contributed by atoms with Gasteiger partial charge in [-0.1, -0.05) is 0 Å². The molecule has 6 heteroatoms. The van der Waals surface area contributed by atoms with Gasteiger partial charge in [0.05, 0.1) is 5.56 Å². The van der Waals surface area contributed by atoms with Gasteiger partial charge < -0.3 is 10.2 Å². The zero-order valence-corrected chi connectivity index (χ0v) is 12.9. The van der Waals surface area contributed by atoms with Gasteiger partial charge in [0.15, 0.2) is 0 Å². The molecule has 1 aromatic rings. The van der Waals surface area contributed by atoms with Crippen molar-refractivity contribution >= 4 is 30.7 Å². The Kier molecular flexibility index (Phi) is 7.99. The minimum atomic E-state index is 0. The van der Waals surface area contributed by atoms with Crippen LogP contribution >= 0.6 is 24.8 Å². The SMILES string of the molecule is CNC1CCCN(C(=O)c2ccc(C)nc2)C1.Cl.Cl. The van der Waals surface area contributed by atoms with E-state index in [4.69, 9.17) is 0 Å². The van der Waals surface area contributed by atoms with Gasteiger partial charge in [-0.2, -0.15) is 0 Å². The van der Waals surface area contributed by atoms with Gasteiger partial charge in [-0.25, -0.2) is 0 Å². The average Bonchev–Trinajstić information content (AvgIpc) is 2.39. The van der Waals surface area contributed by atoms with Crippen LogP contribution in [0.3, 0.4) is 0 Å². The number of nitrogens with one attached hydrogen (secondary N) is 1. The van der Waals surface area contributed by atoms with Crippen molar-refractivity contribution in [3.05, 3.63) is 29.6 Å². The molecule has 1 aliphatic rings. The van der Waals surface area contributed by atoms with Crippen LogP contribution in [0.25, 0.3) is 0 Å². The van der Waals surface area contributed by atoms with Crippen molar-refractivity contribution in [3.8, 4) is 0 Å². The second kappa shape index (κ2) is 8.35. The minimum absolute atomic E-state index is 0. The third kappa shape index (κ3) is 4.64. The lowest BCUT2D eigenvalue weighted by Crippen LogP contribution is -2.46. The summed E-state index contributed by atoms with van der Waals surface area (Å²) in [6, 6.07) is 4.16. The maximum atomic E-state index is 12.2. The second-order valence-electron chi connectivity index (χ2n) is 4.57. The summed E-state index contributed by atoms with van der Waals surface area (Å²) in [7, 11) is 1.95. The highest BCUT2D eigenvalue weighted by atomic mass is 35.5. The Balaban J connectivity index is 0.00000162. The van der Waals surface area contributed by atoms with Crippen molar-refractivity contribution in [3.63, 3.8) is 0 Å². The molecule has 2 heterocycles. The molecule has 1 atom stereocenters. The molecule has 2 rings (SSSR count). The molecule has 0 aromatic carbocycles. The highest BCUT2D eigenvalue weighted by Gasteiger charge is 2.23. The minimum Gasteiger partial charge on any atom is -0.337 e. The number of likely N-dealkylation sites (tertiary alicyclic amines) is 1. The Morgan fingerprint density at radius 1 is 1.42 bits per heavy atom. The number of pyridine rings is 1. The number of carbonyl (C=O) groups is 1. The highest BCUT2D eigenvalue weighted by Crippen LogP contribution is 2.13. The van der Waals surface area contributed by atoms with Crippen LogP contribution in [0, 0.1) is 6.92 Å². The lowest BCUT2D eigenvalue weighted by molar-refractivity contribution is 0.0698. The molecule has 108 valence electrons. The first kappa shape index (κ1) is 18.2. The van der Waals surface area contributed by atoms with Crippen molar-refractivity contribution in [2.24, 2.45) is 0 Å². The largest absolute Gasteiger partial charge is 0.337 e. The van der Waals surface area contributed by atoms with E-state index in [0.29, 0.717) is 11.6 Å². The summed E-state index contributed by atoms with van der Waals surface area (Å²) in [6.07, 6.45) is 3.88. The van der Waals surface area contributed by atoms with Crippen molar-refractivity contribution in [2.75, 3.05) is 20.1 Å². The van der Waals surface area contributed by atoms with Crippen LogP contribution in [0.15, 0.2) is 18.3 Å². The number of halogens is 2. The van der Waals surface area contributed by atoms with Crippen LogP contribution in [0.5, 0.6) is 0 Å². The molecule has 1 unspecified atom stereocenters. The predicted molar refractivity (Wildman–Crippen MR) is 81.5 cm³/mol. The number of carbonyl (C=O) groups excluding carboxylic acids is 1. The number of rotatable bonds is 2. The molecule has 0 saturated carbocycles. The lowest BCUT2D eigenvalue weighted by atomic mass is 10.1. The summed E-state index contributed by atoms with van der Waals surface area (Å²) in [5.74, 6) is 0.0949. The summed E-state index contributed by atoms with van der Waals surface area (Å²) in [5.41, 5.74) is 1.63. The van der Waals surface area contributed by atoms with Gasteiger partial charge in [-0.3, -0.25) is 9.78 Å². The molecule has 1 amide bonds. The molecule has 1 saturated heterocycles. The van der Waals surface area contributed by atoms with Crippen LogP contribution in [0.2, 0.25) is 0 Å². The van der Waals surface area contributed by atoms with E-state index in [0.717, 1.165) is 31.6 Å².